The Kier molecular flexibility index (Phi) is 3.71. The maximum atomic E-state index is 5.22. The van der Waals surface area contributed by atoms with E-state index in [4.69, 9.17) is 21.7 Å². The van der Waals surface area contributed by atoms with Crippen LogP contribution in [0.3, 0.4) is 0 Å². The number of ether oxygens (including phenoxy) is 2. The zero-order valence-corrected chi connectivity index (χ0v) is 9.27. The van der Waals surface area contributed by atoms with Crippen molar-refractivity contribution in [2.75, 3.05) is 19.5 Å². The normalized spacial score (nSPS) is 9.36. The molecule has 0 aliphatic carbocycles. The number of anilines is 1. The maximum Gasteiger partial charge on any atom is 0.184 e. The Morgan fingerprint density at radius 3 is 2.50 bits per heavy atom. The van der Waals surface area contributed by atoms with E-state index < -0.39 is 0 Å². The van der Waals surface area contributed by atoms with Gasteiger partial charge in [-0.05, 0) is 19.1 Å². The average Bonchev–Trinajstić information content (AvgIpc) is 2.16. The molecule has 0 aliphatic heterocycles. The third-order valence-electron chi connectivity index (χ3n) is 1.71. The summed E-state index contributed by atoms with van der Waals surface area (Å²) < 4.78 is 10.4. The second-order valence-corrected chi connectivity index (χ2v) is 3.33. The first-order chi connectivity index (χ1) is 6.69. The first kappa shape index (κ1) is 10.8. The van der Waals surface area contributed by atoms with Gasteiger partial charge in [0.1, 0.15) is 0 Å². The van der Waals surface area contributed by atoms with Crippen LogP contribution < -0.4 is 14.8 Å². The minimum Gasteiger partial charge on any atom is -0.493 e. The highest BCUT2D eigenvalue weighted by Crippen LogP contribution is 2.34. The van der Waals surface area contributed by atoms with Gasteiger partial charge in [0.25, 0.3) is 0 Å². The van der Waals surface area contributed by atoms with Gasteiger partial charge in [-0.1, -0.05) is 18.3 Å². The Morgan fingerprint density at radius 2 is 2.00 bits per heavy atom. The predicted molar refractivity (Wildman–Crippen MR) is 61.4 cm³/mol. The Bertz CT molecular complexity index is 339. The van der Waals surface area contributed by atoms with Crippen LogP contribution in [0.2, 0.25) is 0 Å². The second-order valence-electron chi connectivity index (χ2n) is 2.72. The third kappa shape index (κ3) is 2.35. The van der Waals surface area contributed by atoms with E-state index in [0.717, 1.165) is 5.69 Å². The first-order valence-corrected chi connectivity index (χ1v) is 4.58. The zero-order chi connectivity index (χ0) is 10.6. The van der Waals surface area contributed by atoms with Crippen LogP contribution in [0, 0.1) is 0 Å². The summed E-state index contributed by atoms with van der Waals surface area (Å²) in [5.74, 6) is 1.35. The molecule has 76 valence electrons. The van der Waals surface area contributed by atoms with E-state index in [0.29, 0.717) is 16.5 Å². The molecule has 1 N–H and O–H groups in total. The minimum absolute atomic E-state index is 0.666. The highest BCUT2D eigenvalue weighted by Gasteiger charge is 2.08. The van der Waals surface area contributed by atoms with Crippen molar-refractivity contribution >= 4 is 22.9 Å². The Labute approximate surface area is 89.0 Å². The Balaban J connectivity index is 3.08. The number of hydrogen-bond acceptors (Lipinski definition) is 3. The quantitative estimate of drug-likeness (QED) is 0.778. The molecule has 0 radical (unpaired) electrons. The highest BCUT2D eigenvalue weighted by molar-refractivity contribution is 7.80. The van der Waals surface area contributed by atoms with Crippen molar-refractivity contribution in [2.45, 2.75) is 6.92 Å². The molecule has 1 aromatic carbocycles. The van der Waals surface area contributed by atoms with Crippen LogP contribution in [0.5, 0.6) is 11.5 Å². The second kappa shape index (κ2) is 4.81. The molecule has 0 saturated heterocycles. The molecule has 0 aliphatic rings. The lowest BCUT2D eigenvalue weighted by atomic mass is 10.2. The number of benzene rings is 1. The molecular weight excluding hydrogens is 198 g/mol. The van der Waals surface area contributed by atoms with Crippen molar-refractivity contribution in [3.8, 4) is 11.5 Å². The van der Waals surface area contributed by atoms with Crippen LogP contribution in [-0.4, -0.2) is 19.2 Å². The number of para-hydroxylation sites is 1. The van der Waals surface area contributed by atoms with E-state index in [1.54, 1.807) is 14.2 Å². The molecule has 0 saturated carbocycles. The molecule has 4 heteroatoms. The fourth-order valence-corrected chi connectivity index (χ4v) is 1.29. The summed E-state index contributed by atoms with van der Waals surface area (Å²) in [7, 11) is 3.20. The number of thiocarbonyl (C=S) groups is 1. The Hall–Kier alpha value is -1.29. The topological polar surface area (TPSA) is 30.5 Å². The molecule has 0 amide bonds. The summed E-state index contributed by atoms with van der Waals surface area (Å²) in [5.41, 5.74) is 0.819. The van der Waals surface area contributed by atoms with Gasteiger partial charge in [0.2, 0.25) is 0 Å². The number of rotatable bonds is 3. The van der Waals surface area contributed by atoms with Gasteiger partial charge in [0, 0.05) is 0 Å². The lowest BCUT2D eigenvalue weighted by molar-refractivity contribution is 0.356. The third-order valence-corrected chi connectivity index (χ3v) is 1.82. The summed E-state index contributed by atoms with van der Waals surface area (Å²) in [4.78, 5) is 0.691. The maximum absolute atomic E-state index is 5.22. The van der Waals surface area contributed by atoms with Crippen LogP contribution in [-0.2, 0) is 0 Å². The average molecular weight is 211 g/mol. The van der Waals surface area contributed by atoms with Crippen LogP contribution in [0.1, 0.15) is 6.92 Å². The van der Waals surface area contributed by atoms with Gasteiger partial charge in [0.05, 0.1) is 24.9 Å². The van der Waals surface area contributed by atoms with Gasteiger partial charge in [-0.15, -0.1) is 0 Å². The van der Waals surface area contributed by atoms with Crippen molar-refractivity contribution in [2.24, 2.45) is 0 Å². The minimum atomic E-state index is 0.666. The van der Waals surface area contributed by atoms with E-state index in [-0.39, 0.29) is 0 Å². The molecule has 1 aromatic rings. The van der Waals surface area contributed by atoms with Gasteiger partial charge in [-0.2, -0.15) is 0 Å². The monoisotopic (exact) mass is 211 g/mol. The van der Waals surface area contributed by atoms with Gasteiger partial charge in [-0.3, -0.25) is 0 Å². The van der Waals surface area contributed by atoms with Crippen molar-refractivity contribution in [3.63, 3.8) is 0 Å². The van der Waals surface area contributed by atoms with E-state index in [9.17, 15) is 0 Å². The van der Waals surface area contributed by atoms with Crippen molar-refractivity contribution in [3.05, 3.63) is 18.2 Å². The molecular formula is C10H13NO2S. The lowest BCUT2D eigenvalue weighted by Gasteiger charge is -2.12. The number of hydrogen-bond donors (Lipinski definition) is 1. The Morgan fingerprint density at radius 1 is 1.29 bits per heavy atom. The van der Waals surface area contributed by atoms with Crippen LogP contribution >= 0.6 is 12.2 Å². The SMILES string of the molecule is COc1cccc(NC(C)=S)c1OC. The van der Waals surface area contributed by atoms with Crippen molar-refractivity contribution < 1.29 is 9.47 Å². The summed E-state index contributed by atoms with van der Waals surface area (Å²) in [6.45, 7) is 1.81. The molecule has 0 spiro atoms. The number of methoxy groups -OCH3 is 2. The van der Waals surface area contributed by atoms with Gasteiger partial charge >= 0.3 is 0 Å². The molecule has 1 rings (SSSR count). The van der Waals surface area contributed by atoms with Crippen molar-refractivity contribution in [1.29, 1.82) is 0 Å². The largest absolute Gasteiger partial charge is 0.493 e. The van der Waals surface area contributed by atoms with Crippen molar-refractivity contribution in [1.82, 2.24) is 0 Å². The zero-order valence-electron chi connectivity index (χ0n) is 8.46. The van der Waals surface area contributed by atoms with Gasteiger partial charge in [-0.25, -0.2) is 0 Å². The predicted octanol–water partition coefficient (Wildman–Crippen LogP) is 2.46. The summed E-state index contributed by atoms with van der Waals surface area (Å²) >= 11 is 4.96. The number of nitrogens with one attached hydrogen (secondary N) is 1. The standard InChI is InChI=1S/C10H13NO2S/c1-7(14)11-8-5-4-6-9(12-2)10(8)13-3/h4-6H,1-3H3,(H,11,14). The fourth-order valence-electron chi connectivity index (χ4n) is 1.18. The molecule has 14 heavy (non-hydrogen) atoms. The fraction of sp³-hybridized carbons (Fsp3) is 0.300. The molecule has 0 heterocycles. The summed E-state index contributed by atoms with van der Waals surface area (Å²) in [6.07, 6.45) is 0. The lowest BCUT2D eigenvalue weighted by Crippen LogP contribution is -2.05. The highest BCUT2D eigenvalue weighted by atomic mass is 32.1. The first-order valence-electron chi connectivity index (χ1n) is 4.17. The van der Waals surface area contributed by atoms with Crippen LogP contribution in [0.25, 0.3) is 0 Å². The van der Waals surface area contributed by atoms with E-state index in [2.05, 4.69) is 5.32 Å². The van der Waals surface area contributed by atoms with E-state index in [1.165, 1.54) is 0 Å². The van der Waals surface area contributed by atoms with Crippen LogP contribution in [0.4, 0.5) is 5.69 Å². The summed E-state index contributed by atoms with van der Waals surface area (Å²) in [5, 5.41) is 3.03. The molecule has 0 aromatic heterocycles. The molecule has 0 bridgehead atoms. The molecule has 0 atom stereocenters. The van der Waals surface area contributed by atoms with Crippen LogP contribution in [0.15, 0.2) is 18.2 Å². The molecule has 0 unspecified atom stereocenters. The van der Waals surface area contributed by atoms with Gasteiger partial charge < -0.3 is 14.8 Å². The van der Waals surface area contributed by atoms with E-state index >= 15 is 0 Å². The molecule has 3 nitrogen and oxygen atoms in total. The smallest absolute Gasteiger partial charge is 0.184 e. The van der Waals surface area contributed by atoms with Gasteiger partial charge in [0.15, 0.2) is 11.5 Å². The summed E-state index contributed by atoms with van der Waals surface area (Å²) in [6, 6.07) is 5.60. The van der Waals surface area contributed by atoms with E-state index in [1.807, 2.05) is 25.1 Å². The molecule has 0 fully saturated rings.